The van der Waals surface area contributed by atoms with Crippen LogP contribution in [0, 0.1) is 0 Å². The van der Waals surface area contributed by atoms with Crippen LogP contribution >= 0.6 is 0 Å². The van der Waals surface area contributed by atoms with Gasteiger partial charge in [-0.2, -0.15) is 0 Å². The van der Waals surface area contributed by atoms with Crippen LogP contribution in [-0.2, 0) is 0 Å². The lowest BCUT2D eigenvalue weighted by Gasteiger charge is -2.26. The number of nitrogens with zero attached hydrogens (tertiary/aromatic N) is 3. The molecule has 0 spiro atoms. The molecule has 0 saturated carbocycles. The Balaban J connectivity index is 0.752. The molecule has 0 atom stereocenters. The van der Waals surface area contributed by atoms with Crippen LogP contribution in [0.3, 0.4) is 0 Å². The Morgan fingerprint density at radius 2 is 0.566 bits per heavy atom. The molecule has 3 aromatic heterocycles. The van der Waals surface area contributed by atoms with Crippen LogP contribution in [0.1, 0.15) is 0 Å². The van der Waals surface area contributed by atoms with Gasteiger partial charge in [0.2, 0.25) is 0 Å². The molecule has 15 rings (SSSR count). The highest BCUT2D eigenvalue weighted by Gasteiger charge is 2.18. The van der Waals surface area contributed by atoms with Crippen molar-refractivity contribution >= 4 is 82.6 Å². The molecule has 0 unspecified atom stereocenters. The van der Waals surface area contributed by atoms with Gasteiger partial charge in [-0.05, 0) is 148 Å². The third kappa shape index (κ3) is 7.30. The average Bonchev–Trinajstić information content (AvgIpc) is 4.16. The molecule has 0 N–H and O–H groups in total. The fraction of sp³-hybridized carbons (Fsp3) is 0. The second-order valence-corrected chi connectivity index (χ2v) is 19.7. The van der Waals surface area contributed by atoms with Crippen LogP contribution < -0.4 is 4.90 Å². The number of anilines is 3. The smallest absolute Gasteiger partial charge is 0.135 e. The molecule has 0 aliphatic carbocycles. The van der Waals surface area contributed by atoms with E-state index in [2.05, 4.69) is 287 Å². The van der Waals surface area contributed by atoms with Crippen molar-refractivity contribution in [2.45, 2.75) is 0 Å². The predicted molar refractivity (Wildman–Crippen MR) is 319 cm³/mol. The quantitative estimate of drug-likeness (QED) is 0.144. The minimum atomic E-state index is 0.899. The predicted octanol–water partition coefficient (Wildman–Crippen LogP) is 19.9. The standard InChI is InChI=1S/C72H47N3O/c1-2-12-56(13-3-1)75-69-20-10-6-16-63(69)64-44-34-55(47-70(64)75)52-24-22-48(23-25-52)49-26-36-57(37-27-49)73(59-40-32-53(33-41-59)54-35-45-72-66(46-54)65-17-7-11-21-71(65)76-72)58-38-28-50(29-39-58)51-30-42-60(43-31-51)74-67-18-8-4-14-61(67)62-15-5-9-19-68(62)74/h1-47H. The fourth-order valence-electron chi connectivity index (χ4n) is 11.6. The molecular weight excluding hydrogens is 923 g/mol. The number of aromatic nitrogens is 2. The van der Waals surface area contributed by atoms with E-state index in [-0.39, 0.29) is 0 Å². The summed E-state index contributed by atoms with van der Waals surface area (Å²) in [4.78, 5) is 2.35. The van der Waals surface area contributed by atoms with Crippen LogP contribution in [0.4, 0.5) is 17.1 Å². The van der Waals surface area contributed by atoms with Crippen molar-refractivity contribution in [3.8, 4) is 55.9 Å². The Bertz CT molecular complexity index is 4590. The number of furan rings is 1. The van der Waals surface area contributed by atoms with Gasteiger partial charge < -0.3 is 18.5 Å². The van der Waals surface area contributed by atoms with Gasteiger partial charge in [0.1, 0.15) is 11.2 Å². The first-order chi connectivity index (χ1) is 37.7. The number of hydrogen-bond donors (Lipinski definition) is 0. The number of hydrogen-bond acceptors (Lipinski definition) is 2. The highest BCUT2D eigenvalue weighted by atomic mass is 16.3. The maximum absolute atomic E-state index is 6.17. The van der Waals surface area contributed by atoms with Crippen LogP contribution in [0.2, 0.25) is 0 Å². The Kier molecular flexibility index (Phi) is 10.2. The van der Waals surface area contributed by atoms with Crippen molar-refractivity contribution in [2.75, 3.05) is 4.90 Å². The maximum Gasteiger partial charge on any atom is 0.135 e. The summed E-state index contributed by atoms with van der Waals surface area (Å²) in [6, 6.07) is 103. The summed E-state index contributed by atoms with van der Waals surface area (Å²) < 4.78 is 10.9. The summed E-state index contributed by atoms with van der Waals surface area (Å²) in [5.74, 6) is 0. The molecule has 0 saturated heterocycles. The average molecular weight is 970 g/mol. The molecule has 0 fully saturated rings. The number of para-hydroxylation sites is 5. The van der Waals surface area contributed by atoms with Gasteiger partial charge in [0.15, 0.2) is 0 Å². The van der Waals surface area contributed by atoms with E-state index in [0.29, 0.717) is 0 Å². The second kappa shape index (κ2) is 17.8. The molecule has 3 heterocycles. The lowest BCUT2D eigenvalue weighted by atomic mass is 9.99. The minimum absolute atomic E-state index is 0.899. The molecular formula is C72H47N3O. The van der Waals surface area contributed by atoms with Crippen molar-refractivity contribution in [3.63, 3.8) is 0 Å². The van der Waals surface area contributed by atoms with Gasteiger partial charge in [-0.15, -0.1) is 0 Å². The monoisotopic (exact) mass is 969 g/mol. The molecule has 15 aromatic rings. The molecule has 12 aromatic carbocycles. The summed E-state index contributed by atoms with van der Waals surface area (Å²) in [6.07, 6.45) is 0. The molecule has 4 nitrogen and oxygen atoms in total. The normalized spacial score (nSPS) is 11.7. The Morgan fingerprint density at radius 1 is 0.224 bits per heavy atom. The lowest BCUT2D eigenvalue weighted by Crippen LogP contribution is -2.09. The first kappa shape index (κ1) is 43.4. The summed E-state index contributed by atoms with van der Waals surface area (Å²) >= 11 is 0. The van der Waals surface area contributed by atoms with E-state index < -0.39 is 0 Å². The van der Waals surface area contributed by atoms with Gasteiger partial charge in [0, 0.05) is 60.8 Å². The molecule has 0 amide bonds. The van der Waals surface area contributed by atoms with Crippen molar-refractivity contribution in [1.29, 1.82) is 0 Å². The van der Waals surface area contributed by atoms with E-state index in [9.17, 15) is 0 Å². The summed E-state index contributed by atoms with van der Waals surface area (Å²) in [7, 11) is 0. The van der Waals surface area contributed by atoms with Crippen LogP contribution in [0.5, 0.6) is 0 Å². The second-order valence-electron chi connectivity index (χ2n) is 19.7. The third-order valence-electron chi connectivity index (χ3n) is 15.4. The van der Waals surface area contributed by atoms with Gasteiger partial charge >= 0.3 is 0 Å². The molecule has 76 heavy (non-hydrogen) atoms. The number of rotatable bonds is 9. The van der Waals surface area contributed by atoms with E-state index >= 15 is 0 Å². The van der Waals surface area contributed by atoms with E-state index in [1.54, 1.807) is 0 Å². The van der Waals surface area contributed by atoms with Crippen molar-refractivity contribution in [2.24, 2.45) is 0 Å². The molecule has 0 aliphatic heterocycles. The van der Waals surface area contributed by atoms with Gasteiger partial charge in [-0.1, -0.05) is 182 Å². The molecule has 356 valence electrons. The largest absolute Gasteiger partial charge is 0.456 e. The van der Waals surface area contributed by atoms with Gasteiger partial charge in [-0.3, -0.25) is 0 Å². The van der Waals surface area contributed by atoms with E-state index in [0.717, 1.165) is 72.6 Å². The molecule has 0 bridgehead atoms. The van der Waals surface area contributed by atoms with Gasteiger partial charge in [0.05, 0.1) is 22.1 Å². The highest BCUT2D eigenvalue weighted by Crippen LogP contribution is 2.41. The van der Waals surface area contributed by atoms with Crippen molar-refractivity contribution in [1.82, 2.24) is 9.13 Å². The zero-order valence-electron chi connectivity index (χ0n) is 41.4. The Hall–Kier alpha value is -10.2. The van der Waals surface area contributed by atoms with Crippen molar-refractivity contribution < 1.29 is 4.42 Å². The highest BCUT2D eigenvalue weighted by molar-refractivity contribution is 6.11. The first-order valence-electron chi connectivity index (χ1n) is 26.0. The zero-order chi connectivity index (χ0) is 50.1. The third-order valence-corrected chi connectivity index (χ3v) is 15.4. The van der Waals surface area contributed by atoms with Crippen LogP contribution in [0.25, 0.3) is 121 Å². The molecule has 4 heteroatoms. The van der Waals surface area contributed by atoms with Gasteiger partial charge in [0.25, 0.3) is 0 Å². The van der Waals surface area contributed by atoms with Crippen molar-refractivity contribution in [3.05, 3.63) is 285 Å². The van der Waals surface area contributed by atoms with Crippen LogP contribution in [-0.4, -0.2) is 9.13 Å². The summed E-state index contributed by atoms with van der Waals surface area (Å²) in [5.41, 5.74) is 21.5. The minimum Gasteiger partial charge on any atom is -0.456 e. The van der Waals surface area contributed by atoms with Crippen LogP contribution in [0.15, 0.2) is 290 Å². The van der Waals surface area contributed by atoms with E-state index in [1.165, 1.54) is 65.9 Å². The van der Waals surface area contributed by atoms with E-state index in [1.807, 2.05) is 12.1 Å². The fourth-order valence-corrected chi connectivity index (χ4v) is 11.6. The SMILES string of the molecule is c1ccc(-n2c3ccccc3c3ccc(-c4ccc(-c5ccc(N(c6ccc(-c7ccc(-n8c9ccccc9c9ccccc98)cc7)cc6)c6ccc(-c7ccc8oc9ccccc9c8c7)cc6)cc5)cc4)cc32)cc1. The lowest BCUT2D eigenvalue weighted by molar-refractivity contribution is 0.669. The topological polar surface area (TPSA) is 26.2 Å². The maximum atomic E-state index is 6.17. The first-order valence-corrected chi connectivity index (χ1v) is 26.0. The summed E-state index contributed by atoms with van der Waals surface area (Å²) in [5, 5.41) is 7.29. The molecule has 0 radical (unpaired) electrons. The molecule has 0 aliphatic rings. The Morgan fingerprint density at radius 3 is 1.09 bits per heavy atom. The summed E-state index contributed by atoms with van der Waals surface area (Å²) in [6.45, 7) is 0. The number of benzene rings is 12. The zero-order valence-corrected chi connectivity index (χ0v) is 41.4. The van der Waals surface area contributed by atoms with Gasteiger partial charge in [-0.25, -0.2) is 0 Å². The number of fused-ring (bicyclic) bond motifs is 9. The Labute approximate surface area is 439 Å². The van der Waals surface area contributed by atoms with E-state index in [4.69, 9.17) is 4.42 Å².